The molecule has 0 unspecified atom stereocenters. The molecule has 3 aromatic rings. The number of carbonyl (C=O) groups is 1. The molecule has 3 heterocycles. The van der Waals surface area contributed by atoms with Gasteiger partial charge in [-0.3, -0.25) is 4.68 Å². The predicted octanol–water partition coefficient (Wildman–Crippen LogP) is 2.35. The second-order valence-corrected chi connectivity index (χ2v) is 6.86. The fourth-order valence-corrected chi connectivity index (χ4v) is 3.33. The molecule has 0 spiro atoms. The maximum atomic E-state index is 12.6. The van der Waals surface area contributed by atoms with Gasteiger partial charge in [-0.05, 0) is 19.4 Å². The van der Waals surface area contributed by atoms with Crippen LogP contribution in [-0.4, -0.2) is 37.4 Å². The van der Waals surface area contributed by atoms with E-state index in [0.29, 0.717) is 37.0 Å². The molecule has 0 atom stereocenters. The summed E-state index contributed by atoms with van der Waals surface area (Å²) >= 11 is 0. The molecule has 0 radical (unpaired) electrons. The van der Waals surface area contributed by atoms with E-state index in [1.54, 1.807) is 11.8 Å². The number of carbonyl (C=O) groups excluding carboxylic acids is 1. The van der Waals surface area contributed by atoms with Gasteiger partial charge in [0.15, 0.2) is 11.5 Å². The third-order valence-electron chi connectivity index (χ3n) is 4.82. The number of aryl methyl sites for hydroxylation is 3. The average Bonchev–Trinajstić information content (AvgIpc) is 3.24. The van der Waals surface area contributed by atoms with E-state index >= 15 is 0 Å². The molecule has 0 bridgehead atoms. The predicted molar refractivity (Wildman–Crippen MR) is 98.8 cm³/mol. The molecule has 0 saturated carbocycles. The van der Waals surface area contributed by atoms with Crippen molar-refractivity contribution in [2.75, 3.05) is 6.54 Å². The molecule has 1 N–H and O–H groups in total. The molecule has 0 fully saturated rings. The van der Waals surface area contributed by atoms with E-state index in [-0.39, 0.29) is 6.03 Å². The lowest BCUT2D eigenvalue weighted by molar-refractivity contribution is 0.191. The first-order valence-corrected chi connectivity index (χ1v) is 8.95. The highest BCUT2D eigenvalue weighted by Crippen LogP contribution is 2.28. The minimum atomic E-state index is -0.0854. The van der Waals surface area contributed by atoms with Crippen molar-refractivity contribution in [2.45, 2.75) is 33.4 Å². The van der Waals surface area contributed by atoms with Gasteiger partial charge in [0.05, 0.1) is 6.54 Å². The third-order valence-corrected chi connectivity index (χ3v) is 4.82. The Balaban J connectivity index is 1.49. The summed E-state index contributed by atoms with van der Waals surface area (Å²) in [7, 11) is 1.90. The summed E-state index contributed by atoms with van der Waals surface area (Å²) in [6.45, 7) is 5.44. The fourth-order valence-electron chi connectivity index (χ4n) is 3.33. The van der Waals surface area contributed by atoms with E-state index in [1.165, 1.54) is 5.56 Å². The molecular formula is C19H22N6O2. The van der Waals surface area contributed by atoms with Crippen molar-refractivity contribution in [1.82, 2.24) is 30.1 Å². The van der Waals surface area contributed by atoms with E-state index in [2.05, 4.69) is 20.6 Å². The zero-order valence-corrected chi connectivity index (χ0v) is 15.7. The van der Waals surface area contributed by atoms with Crippen LogP contribution in [0.1, 0.15) is 28.2 Å². The summed E-state index contributed by atoms with van der Waals surface area (Å²) < 4.78 is 7.12. The first-order chi connectivity index (χ1) is 13.0. The number of nitrogens with one attached hydrogen (secondary N) is 1. The van der Waals surface area contributed by atoms with Crippen LogP contribution in [0.3, 0.4) is 0 Å². The zero-order valence-electron chi connectivity index (χ0n) is 15.7. The van der Waals surface area contributed by atoms with Crippen LogP contribution >= 0.6 is 0 Å². The monoisotopic (exact) mass is 366 g/mol. The van der Waals surface area contributed by atoms with Gasteiger partial charge < -0.3 is 14.7 Å². The Bertz CT molecular complexity index is 973. The lowest BCUT2D eigenvalue weighted by atomic mass is 10.1. The van der Waals surface area contributed by atoms with Crippen LogP contribution in [0.5, 0.6) is 0 Å². The molecule has 8 nitrogen and oxygen atoms in total. The van der Waals surface area contributed by atoms with Crippen LogP contribution in [0.15, 0.2) is 28.8 Å². The van der Waals surface area contributed by atoms with E-state index in [1.807, 2.05) is 42.9 Å². The van der Waals surface area contributed by atoms with E-state index in [9.17, 15) is 4.79 Å². The van der Waals surface area contributed by atoms with E-state index in [4.69, 9.17) is 4.52 Å². The van der Waals surface area contributed by atoms with Crippen LogP contribution in [0.4, 0.5) is 4.79 Å². The average molecular weight is 366 g/mol. The first-order valence-electron chi connectivity index (χ1n) is 8.95. The summed E-state index contributed by atoms with van der Waals surface area (Å²) in [6.07, 6.45) is 0.740. The van der Waals surface area contributed by atoms with Gasteiger partial charge in [-0.1, -0.05) is 35.0 Å². The van der Waals surface area contributed by atoms with Crippen molar-refractivity contribution < 1.29 is 9.32 Å². The SMILES string of the molecule is Cc1ccc(CNC(=O)N2CCc3c(c(-c4nc(C)no4)nn3C)C2)cc1. The Morgan fingerprint density at radius 2 is 2.04 bits per heavy atom. The van der Waals surface area contributed by atoms with Crippen LogP contribution in [0.2, 0.25) is 0 Å². The normalized spacial score (nSPS) is 13.5. The van der Waals surface area contributed by atoms with Crippen molar-refractivity contribution in [1.29, 1.82) is 0 Å². The first kappa shape index (κ1) is 17.3. The summed E-state index contributed by atoms with van der Waals surface area (Å²) in [5.41, 5.74) is 5.01. The largest absolute Gasteiger partial charge is 0.334 e. The molecule has 1 aliphatic heterocycles. The summed E-state index contributed by atoms with van der Waals surface area (Å²) in [5.74, 6) is 0.958. The van der Waals surface area contributed by atoms with Crippen molar-refractivity contribution in [3.05, 3.63) is 52.5 Å². The second-order valence-electron chi connectivity index (χ2n) is 6.86. The highest BCUT2D eigenvalue weighted by molar-refractivity contribution is 5.75. The van der Waals surface area contributed by atoms with Crippen LogP contribution in [0.25, 0.3) is 11.6 Å². The third kappa shape index (κ3) is 3.42. The lowest BCUT2D eigenvalue weighted by Crippen LogP contribution is -2.42. The number of rotatable bonds is 3. The van der Waals surface area contributed by atoms with Gasteiger partial charge in [-0.25, -0.2) is 4.79 Å². The topological polar surface area (TPSA) is 89.1 Å². The molecule has 0 aliphatic carbocycles. The van der Waals surface area contributed by atoms with Gasteiger partial charge in [0.1, 0.15) is 0 Å². The molecule has 2 aromatic heterocycles. The number of benzene rings is 1. The number of hydrogen-bond donors (Lipinski definition) is 1. The molecule has 2 amide bonds. The maximum absolute atomic E-state index is 12.6. The Labute approximate surface area is 157 Å². The van der Waals surface area contributed by atoms with Gasteiger partial charge >= 0.3 is 6.03 Å². The summed E-state index contributed by atoms with van der Waals surface area (Å²) in [5, 5.41) is 11.4. The van der Waals surface area contributed by atoms with Crippen molar-refractivity contribution in [2.24, 2.45) is 7.05 Å². The summed E-state index contributed by atoms with van der Waals surface area (Å²) in [4.78, 5) is 18.7. The maximum Gasteiger partial charge on any atom is 0.317 e. The number of nitrogens with zero attached hydrogens (tertiary/aromatic N) is 5. The Morgan fingerprint density at radius 1 is 1.26 bits per heavy atom. The van der Waals surface area contributed by atoms with Gasteiger partial charge in [-0.15, -0.1) is 0 Å². The minimum absolute atomic E-state index is 0.0854. The highest BCUT2D eigenvalue weighted by atomic mass is 16.5. The van der Waals surface area contributed by atoms with E-state index < -0.39 is 0 Å². The molecule has 4 rings (SSSR count). The molecule has 1 aromatic carbocycles. The van der Waals surface area contributed by atoms with Crippen molar-refractivity contribution in [3.8, 4) is 11.6 Å². The second kappa shape index (κ2) is 6.86. The number of fused-ring (bicyclic) bond motifs is 1. The molecule has 8 heteroatoms. The van der Waals surface area contributed by atoms with Gasteiger partial charge in [0, 0.05) is 37.8 Å². The fraction of sp³-hybridized carbons (Fsp3) is 0.368. The highest BCUT2D eigenvalue weighted by Gasteiger charge is 2.29. The zero-order chi connectivity index (χ0) is 19.0. The standard InChI is InChI=1S/C19H22N6O2/c1-12-4-6-14(7-5-12)10-20-19(26)25-9-8-16-15(11-25)17(22-24(16)3)18-21-13(2)23-27-18/h4-7H,8-11H2,1-3H3,(H,20,26). The quantitative estimate of drug-likeness (QED) is 0.769. The lowest BCUT2D eigenvalue weighted by Gasteiger charge is -2.27. The minimum Gasteiger partial charge on any atom is -0.334 e. The van der Waals surface area contributed by atoms with Crippen LogP contribution < -0.4 is 5.32 Å². The Kier molecular flexibility index (Phi) is 4.39. The van der Waals surface area contributed by atoms with Gasteiger partial charge in [0.2, 0.25) is 0 Å². The number of hydrogen-bond acceptors (Lipinski definition) is 5. The number of urea groups is 1. The Morgan fingerprint density at radius 3 is 2.74 bits per heavy atom. The van der Waals surface area contributed by atoms with E-state index in [0.717, 1.165) is 23.2 Å². The molecule has 0 saturated heterocycles. The number of amides is 2. The van der Waals surface area contributed by atoms with Crippen LogP contribution in [-0.2, 0) is 26.6 Å². The number of aromatic nitrogens is 4. The molecule has 140 valence electrons. The molecule has 27 heavy (non-hydrogen) atoms. The van der Waals surface area contributed by atoms with Gasteiger partial charge in [-0.2, -0.15) is 10.1 Å². The van der Waals surface area contributed by atoms with Crippen molar-refractivity contribution in [3.63, 3.8) is 0 Å². The van der Waals surface area contributed by atoms with Gasteiger partial charge in [0.25, 0.3) is 5.89 Å². The van der Waals surface area contributed by atoms with Crippen LogP contribution in [0, 0.1) is 13.8 Å². The van der Waals surface area contributed by atoms with Crippen molar-refractivity contribution >= 4 is 6.03 Å². The summed E-state index contributed by atoms with van der Waals surface area (Å²) in [6, 6.07) is 8.06. The Hall–Kier alpha value is -3.16. The molecule has 1 aliphatic rings. The molecular weight excluding hydrogens is 344 g/mol. The smallest absolute Gasteiger partial charge is 0.317 e.